The summed E-state index contributed by atoms with van der Waals surface area (Å²) in [5.41, 5.74) is -0.903. The topological polar surface area (TPSA) is 55.4 Å². The Labute approximate surface area is 96.4 Å². The first kappa shape index (κ1) is 15.8. The van der Waals surface area contributed by atoms with Gasteiger partial charge in [0.05, 0.1) is 0 Å². The summed E-state index contributed by atoms with van der Waals surface area (Å²) in [6, 6.07) is 0. The molecule has 6 heteroatoms. The predicted molar refractivity (Wildman–Crippen MR) is 55.3 cm³/mol. The van der Waals surface area contributed by atoms with Gasteiger partial charge in [0, 0.05) is 0 Å². The van der Waals surface area contributed by atoms with Gasteiger partial charge in [0.15, 0.2) is 0 Å². The van der Waals surface area contributed by atoms with Crippen molar-refractivity contribution < 1.29 is 29.9 Å². The maximum Gasteiger partial charge on any atom is 0.101 e. The van der Waals surface area contributed by atoms with E-state index in [4.69, 9.17) is 9.78 Å². The van der Waals surface area contributed by atoms with Crippen LogP contribution in [-0.2, 0) is 29.9 Å². The van der Waals surface area contributed by atoms with E-state index < -0.39 is 11.2 Å². The second-order valence-corrected chi connectivity index (χ2v) is 4.67. The molecule has 0 amide bonds. The molecule has 6 nitrogen and oxygen atoms in total. The van der Waals surface area contributed by atoms with Gasteiger partial charge in [0.2, 0.25) is 0 Å². The number of rotatable bonds is 9. The van der Waals surface area contributed by atoms with Gasteiger partial charge in [-0.3, -0.25) is 0 Å². The van der Waals surface area contributed by atoms with Crippen LogP contribution in [-0.4, -0.2) is 11.2 Å². The van der Waals surface area contributed by atoms with Gasteiger partial charge in [-0.25, -0.2) is 0 Å². The fourth-order valence-corrected chi connectivity index (χ4v) is 0.353. The van der Waals surface area contributed by atoms with Crippen LogP contribution in [0.25, 0.3) is 0 Å². The number of hydrogen-bond donors (Lipinski definition) is 0. The lowest BCUT2D eigenvalue weighted by atomic mass is 10.1. The molecule has 0 saturated carbocycles. The van der Waals surface area contributed by atoms with Crippen molar-refractivity contribution in [3.05, 3.63) is 0 Å². The van der Waals surface area contributed by atoms with Gasteiger partial charge in [-0.05, 0) is 60.7 Å². The van der Waals surface area contributed by atoms with E-state index in [-0.39, 0.29) is 0 Å². The van der Waals surface area contributed by atoms with Crippen LogP contribution in [0.15, 0.2) is 0 Å². The molecule has 0 N–H and O–H groups in total. The van der Waals surface area contributed by atoms with E-state index in [0.29, 0.717) is 0 Å². The molecular weight excluding hydrogens is 216 g/mol. The standard InChI is InChI=1S/C10H22O6/c1-7-9(3,4)11-13-15-16-14-12-10(5,6)8-2/h7-8H2,1-6H3. The van der Waals surface area contributed by atoms with E-state index in [9.17, 15) is 0 Å². The summed E-state index contributed by atoms with van der Waals surface area (Å²) < 4.78 is 0. The fraction of sp³-hybridized carbons (Fsp3) is 1.00. The Balaban J connectivity index is 3.42. The average Bonchev–Trinajstić information content (AvgIpc) is 2.23. The van der Waals surface area contributed by atoms with Crippen LogP contribution in [0.2, 0.25) is 0 Å². The Morgan fingerprint density at radius 2 is 0.938 bits per heavy atom. The molecule has 0 aliphatic rings. The van der Waals surface area contributed by atoms with Crippen LogP contribution in [0.4, 0.5) is 0 Å². The van der Waals surface area contributed by atoms with Gasteiger partial charge < -0.3 is 0 Å². The Kier molecular flexibility index (Phi) is 7.05. The van der Waals surface area contributed by atoms with Gasteiger partial charge >= 0.3 is 0 Å². The predicted octanol–water partition coefficient (Wildman–Crippen LogP) is 3.04. The van der Waals surface area contributed by atoms with Crippen molar-refractivity contribution >= 4 is 0 Å². The van der Waals surface area contributed by atoms with Gasteiger partial charge in [-0.1, -0.05) is 13.8 Å². The van der Waals surface area contributed by atoms with Crippen molar-refractivity contribution in [3.63, 3.8) is 0 Å². The monoisotopic (exact) mass is 238 g/mol. The highest BCUT2D eigenvalue weighted by Gasteiger charge is 2.19. The van der Waals surface area contributed by atoms with E-state index in [1.54, 1.807) is 0 Å². The molecule has 0 aromatic carbocycles. The Bertz CT molecular complexity index is 160. The highest BCUT2D eigenvalue weighted by Crippen LogP contribution is 2.15. The van der Waals surface area contributed by atoms with Crippen molar-refractivity contribution in [2.75, 3.05) is 0 Å². The van der Waals surface area contributed by atoms with Gasteiger partial charge in [0.25, 0.3) is 0 Å². The summed E-state index contributed by atoms with van der Waals surface area (Å²) in [6.07, 6.45) is 1.52. The lowest BCUT2D eigenvalue weighted by Crippen LogP contribution is -2.25. The first-order valence-corrected chi connectivity index (χ1v) is 5.36. The van der Waals surface area contributed by atoms with Crippen LogP contribution in [0.3, 0.4) is 0 Å². The summed E-state index contributed by atoms with van der Waals surface area (Å²) >= 11 is 0. The zero-order valence-corrected chi connectivity index (χ0v) is 10.9. The zero-order chi connectivity index (χ0) is 12.7. The minimum atomic E-state index is -0.451. The Hall–Kier alpha value is -0.240. The fourth-order valence-electron chi connectivity index (χ4n) is 0.353. The van der Waals surface area contributed by atoms with Crippen molar-refractivity contribution in [2.24, 2.45) is 0 Å². The molecule has 0 heterocycles. The van der Waals surface area contributed by atoms with Gasteiger partial charge in [0.1, 0.15) is 11.2 Å². The molecule has 0 aliphatic heterocycles. The minimum Gasteiger partial charge on any atom is -0.198 e. The maximum absolute atomic E-state index is 4.85. The molecule has 0 rings (SSSR count). The summed E-state index contributed by atoms with van der Waals surface area (Å²) in [6.45, 7) is 11.3. The van der Waals surface area contributed by atoms with E-state index in [1.807, 2.05) is 41.5 Å². The Morgan fingerprint density at radius 3 is 1.19 bits per heavy atom. The third kappa shape index (κ3) is 7.98. The SMILES string of the molecule is CCC(C)(C)OOOOOOC(C)(C)CC. The van der Waals surface area contributed by atoms with Crippen molar-refractivity contribution in [2.45, 2.75) is 65.6 Å². The third-order valence-electron chi connectivity index (χ3n) is 2.31. The molecule has 98 valence electrons. The summed E-state index contributed by atoms with van der Waals surface area (Å²) in [5.74, 6) is 0. The minimum absolute atomic E-state index is 0.451. The van der Waals surface area contributed by atoms with Crippen molar-refractivity contribution in [1.82, 2.24) is 0 Å². The molecule has 0 fully saturated rings. The average molecular weight is 238 g/mol. The second kappa shape index (κ2) is 7.16. The molecule has 0 aliphatic carbocycles. The van der Waals surface area contributed by atoms with Crippen LogP contribution in [0.1, 0.15) is 54.4 Å². The van der Waals surface area contributed by atoms with Gasteiger partial charge in [-0.15, -0.1) is 0 Å². The molecule has 0 radical (unpaired) electrons. The lowest BCUT2D eigenvalue weighted by molar-refractivity contribution is -0.768. The van der Waals surface area contributed by atoms with Gasteiger partial charge in [-0.2, -0.15) is 9.78 Å². The van der Waals surface area contributed by atoms with Crippen molar-refractivity contribution in [1.29, 1.82) is 0 Å². The molecule has 0 saturated heterocycles. The molecular formula is C10H22O6. The molecule has 0 aromatic heterocycles. The lowest BCUT2D eigenvalue weighted by Gasteiger charge is -2.20. The van der Waals surface area contributed by atoms with E-state index in [2.05, 4.69) is 20.2 Å². The third-order valence-corrected chi connectivity index (χ3v) is 2.31. The smallest absolute Gasteiger partial charge is 0.101 e. The molecule has 0 bridgehead atoms. The first-order valence-electron chi connectivity index (χ1n) is 5.36. The molecule has 0 atom stereocenters. The van der Waals surface area contributed by atoms with Crippen LogP contribution < -0.4 is 0 Å². The zero-order valence-electron chi connectivity index (χ0n) is 10.9. The van der Waals surface area contributed by atoms with Crippen LogP contribution >= 0.6 is 0 Å². The molecule has 0 aromatic rings. The summed E-state index contributed by atoms with van der Waals surface area (Å²) in [4.78, 5) is 9.71. The molecule has 0 unspecified atom stereocenters. The molecule has 0 spiro atoms. The van der Waals surface area contributed by atoms with E-state index in [1.165, 1.54) is 0 Å². The van der Waals surface area contributed by atoms with Crippen molar-refractivity contribution in [3.8, 4) is 0 Å². The Morgan fingerprint density at radius 1 is 0.625 bits per heavy atom. The second-order valence-electron chi connectivity index (χ2n) is 4.67. The van der Waals surface area contributed by atoms with E-state index >= 15 is 0 Å². The quantitative estimate of drug-likeness (QED) is 0.349. The highest BCUT2D eigenvalue weighted by atomic mass is 17.8. The van der Waals surface area contributed by atoms with Crippen LogP contribution in [0.5, 0.6) is 0 Å². The van der Waals surface area contributed by atoms with Crippen LogP contribution in [0, 0.1) is 0 Å². The van der Waals surface area contributed by atoms with E-state index in [0.717, 1.165) is 12.8 Å². The number of hydrogen-bond acceptors (Lipinski definition) is 6. The highest BCUT2D eigenvalue weighted by molar-refractivity contribution is 4.62. The summed E-state index contributed by atoms with van der Waals surface area (Å²) in [5, 5.41) is 16.9. The first-order chi connectivity index (χ1) is 7.33. The maximum atomic E-state index is 4.85. The molecule has 16 heavy (non-hydrogen) atoms. The largest absolute Gasteiger partial charge is 0.198 e. The summed E-state index contributed by atoms with van der Waals surface area (Å²) in [7, 11) is 0. The normalized spacial score (nSPS) is 13.1.